The lowest BCUT2D eigenvalue weighted by molar-refractivity contribution is 0.575. The molecular formula is C21H23FN6. The number of aryl methyl sites for hydroxylation is 1. The Bertz CT molecular complexity index is 1440. The fourth-order valence-electron chi connectivity index (χ4n) is 3.24. The van der Waals surface area contributed by atoms with Crippen molar-refractivity contribution in [3.05, 3.63) is 59.9 Å². The average Bonchev–Trinajstić information content (AvgIpc) is 3.26. The lowest BCUT2D eigenvalue weighted by atomic mass is 9.98. The molecule has 0 radical (unpaired) electrons. The van der Waals surface area contributed by atoms with Gasteiger partial charge in [-0.25, -0.2) is 13.9 Å². The molecule has 1 fully saturated rings. The highest BCUT2D eigenvalue weighted by molar-refractivity contribution is 5.74. The van der Waals surface area contributed by atoms with Gasteiger partial charge in [-0.3, -0.25) is 4.98 Å². The van der Waals surface area contributed by atoms with Gasteiger partial charge in [0.2, 0.25) is 0 Å². The molecule has 2 bridgehead atoms. The third-order valence-electron chi connectivity index (χ3n) is 4.53. The molecule has 0 amide bonds. The van der Waals surface area contributed by atoms with Gasteiger partial charge in [0.15, 0.2) is 5.65 Å². The zero-order valence-corrected chi connectivity index (χ0v) is 15.0. The maximum absolute atomic E-state index is 14.6. The number of hydrogen-bond donors (Lipinski definition) is 1. The second-order valence-corrected chi connectivity index (χ2v) is 6.47. The minimum absolute atomic E-state index is 0.160. The van der Waals surface area contributed by atoms with E-state index in [4.69, 9.17) is 11.0 Å². The topological polar surface area (TPSA) is 58.4 Å². The third-order valence-corrected chi connectivity index (χ3v) is 4.53. The summed E-state index contributed by atoms with van der Waals surface area (Å²) < 4.78 is 95.2. The van der Waals surface area contributed by atoms with Gasteiger partial charge in [-0.1, -0.05) is 6.58 Å². The van der Waals surface area contributed by atoms with E-state index in [1.165, 1.54) is 29.9 Å². The molecular weight excluding hydrogens is 355 g/mol. The summed E-state index contributed by atoms with van der Waals surface area (Å²) in [6.07, 6.45) is -5.81. The molecule has 5 rings (SSSR count). The van der Waals surface area contributed by atoms with Gasteiger partial charge in [-0.2, -0.15) is 5.10 Å². The van der Waals surface area contributed by atoms with Crippen LogP contribution in [0.4, 0.5) is 10.2 Å². The van der Waals surface area contributed by atoms with Crippen molar-refractivity contribution in [2.24, 2.45) is 0 Å². The number of nitrogens with one attached hydrogen (secondary N) is 1. The van der Waals surface area contributed by atoms with Gasteiger partial charge in [0, 0.05) is 41.1 Å². The predicted octanol–water partition coefficient (Wildman–Crippen LogP) is 3.50. The van der Waals surface area contributed by atoms with E-state index in [1.807, 2.05) is 0 Å². The first-order chi connectivity index (χ1) is 16.9. The summed E-state index contributed by atoms with van der Waals surface area (Å²) in [4.78, 5) is 9.04. The molecule has 0 unspecified atom stereocenters. The normalized spacial score (nSPS) is 36.8. The van der Waals surface area contributed by atoms with Gasteiger partial charge in [-0.05, 0) is 50.2 Å². The number of aromatic nitrogens is 4. The fraction of sp³-hybridized carbons (Fsp3) is 0.381. The molecule has 2 aliphatic heterocycles. The van der Waals surface area contributed by atoms with Crippen LogP contribution in [-0.2, 0) is 6.37 Å². The maximum Gasteiger partial charge on any atom is 0.166 e. The molecule has 0 aliphatic carbocycles. The van der Waals surface area contributed by atoms with E-state index >= 15 is 0 Å². The van der Waals surface area contributed by atoms with Crippen LogP contribution in [0.15, 0.2) is 37.3 Å². The predicted molar refractivity (Wildman–Crippen MR) is 106 cm³/mol. The van der Waals surface area contributed by atoms with Gasteiger partial charge < -0.3 is 10.2 Å². The van der Waals surface area contributed by atoms with E-state index in [9.17, 15) is 5.76 Å². The number of pyridine rings is 1. The molecule has 2 aliphatic rings. The van der Waals surface area contributed by atoms with E-state index < -0.39 is 61.2 Å². The van der Waals surface area contributed by atoms with Crippen molar-refractivity contribution < 1.29 is 16.7 Å². The zero-order valence-electron chi connectivity index (χ0n) is 24.0. The molecule has 1 saturated heterocycles. The molecule has 28 heavy (non-hydrogen) atoms. The summed E-state index contributed by atoms with van der Waals surface area (Å²) in [6, 6.07) is -2.00. The molecule has 5 heterocycles. The summed E-state index contributed by atoms with van der Waals surface area (Å²) in [6.45, 7) is 2.77. The Labute approximate surface area is 175 Å². The fourth-order valence-corrected chi connectivity index (χ4v) is 3.24. The molecule has 2 atom stereocenters. The van der Waals surface area contributed by atoms with Crippen molar-refractivity contribution in [3.8, 4) is 0 Å². The lowest BCUT2D eigenvalue weighted by Gasteiger charge is -2.27. The first-order valence-corrected chi connectivity index (χ1v) is 8.72. The highest BCUT2D eigenvalue weighted by Crippen LogP contribution is 2.37. The Balaban J connectivity index is 1.94. The van der Waals surface area contributed by atoms with Crippen LogP contribution in [-0.4, -0.2) is 32.1 Å². The van der Waals surface area contributed by atoms with Crippen LogP contribution in [0.2, 0.25) is 0 Å². The minimum Gasteiger partial charge on any atom is -0.382 e. The molecule has 0 spiro atoms. The Kier molecular flexibility index (Phi) is 2.35. The maximum atomic E-state index is 14.6. The van der Waals surface area contributed by atoms with Gasteiger partial charge in [0.1, 0.15) is 11.6 Å². The summed E-state index contributed by atoms with van der Waals surface area (Å²) in [5, 5.41) is 7.02. The van der Waals surface area contributed by atoms with Crippen molar-refractivity contribution in [1.29, 1.82) is 0 Å². The van der Waals surface area contributed by atoms with Crippen molar-refractivity contribution in [1.82, 2.24) is 24.9 Å². The van der Waals surface area contributed by atoms with Crippen LogP contribution in [0, 0.1) is 5.82 Å². The third kappa shape index (κ3) is 2.82. The second kappa shape index (κ2) is 6.58. The quantitative estimate of drug-likeness (QED) is 0.640. The highest BCUT2D eigenvalue weighted by Gasteiger charge is 2.30. The van der Waals surface area contributed by atoms with Crippen LogP contribution in [0.5, 0.6) is 0 Å². The summed E-state index contributed by atoms with van der Waals surface area (Å²) >= 11 is 0. The van der Waals surface area contributed by atoms with Crippen LogP contribution in [0.1, 0.15) is 61.3 Å². The van der Waals surface area contributed by atoms with Crippen LogP contribution >= 0.6 is 0 Å². The lowest BCUT2D eigenvalue weighted by Crippen LogP contribution is -2.26. The van der Waals surface area contributed by atoms with Gasteiger partial charge in [0.25, 0.3) is 0 Å². The molecule has 1 N–H and O–H groups in total. The van der Waals surface area contributed by atoms with Crippen molar-refractivity contribution in [2.45, 2.75) is 44.5 Å². The standard InChI is InChI=1S/C21H23FN6/c1-13-5-6-18-16(10-15(22)11-23-18)19-4-3-8-27(19)20-7-9-28-21(26-20)17(12-24-28)14(2)25-13/h7,9-13,19,25H,2-6,8H2,1H3/t13-,19+/m1/s1/i4D2,5D2,6D2,8D2,19D. The number of nitrogens with zero attached hydrogens (tertiary/aromatic N) is 5. The Morgan fingerprint density at radius 1 is 1.39 bits per heavy atom. The van der Waals surface area contributed by atoms with E-state index in [2.05, 4.69) is 27.0 Å². The summed E-state index contributed by atoms with van der Waals surface area (Å²) in [5.74, 6) is -1.20. The van der Waals surface area contributed by atoms with E-state index in [0.717, 1.165) is 11.0 Å². The summed E-state index contributed by atoms with van der Waals surface area (Å²) in [5.41, 5.74) is -0.732. The molecule has 0 aromatic carbocycles. The smallest absolute Gasteiger partial charge is 0.166 e. The van der Waals surface area contributed by atoms with E-state index in [-0.39, 0.29) is 17.2 Å². The van der Waals surface area contributed by atoms with Crippen LogP contribution in [0.3, 0.4) is 0 Å². The Morgan fingerprint density at radius 3 is 3.18 bits per heavy atom. The molecule has 0 saturated carbocycles. The number of fused-ring (bicyclic) bond motifs is 5. The van der Waals surface area contributed by atoms with Gasteiger partial charge in [-0.15, -0.1) is 0 Å². The first-order valence-electron chi connectivity index (χ1n) is 13.2. The van der Waals surface area contributed by atoms with Gasteiger partial charge >= 0.3 is 0 Å². The molecule has 3 aromatic heterocycles. The summed E-state index contributed by atoms with van der Waals surface area (Å²) in [7, 11) is 0. The second-order valence-electron chi connectivity index (χ2n) is 6.47. The minimum atomic E-state index is -3.00. The largest absolute Gasteiger partial charge is 0.382 e. The van der Waals surface area contributed by atoms with Crippen molar-refractivity contribution in [3.63, 3.8) is 0 Å². The van der Waals surface area contributed by atoms with Crippen molar-refractivity contribution >= 4 is 17.2 Å². The molecule has 3 aromatic rings. The van der Waals surface area contributed by atoms with Gasteiger partial charge in [0.05, 0.1) is 25.3 Å². The number of anilines is 1. The van der Waals surface area contributed by atoms with Crippen LogP contribution in [0.25, 0.3) is 11.3 Å². The van der Waals surface area contributed by atoms with E-state index in [1.54, 1.807) is 0 Å². The Morgan fingerprint density at radius 2 is 2.29 bits per heavy atom. The molecule has 7 heteroatoms. The molecule has 144 valence electrons. The number of hydrogen-bond acceptors (Lipinski definition) is 5. The average molecular weight is 388 g/mol. The Hall–Kier alpha value is -2.96. The van der Waals surface area contributed by atoms with Crippen molar-refractivity contribution in [2.75, 3.05) is 11.4 Å². The highest BCUT2D eigenvalue weighted by atomic mass is 19.1. The monoisotopic (exact) mass is 387 g/mol. The molecule has 6 nitrogen and oxygen atoms in total. The number of rotatable bonds is 0. The van der Waals surface area contributed by atoms with E-state index in [0.29, 0.717) is 11.8 Å². The zero-order chi connectivity index (χ0) is 27.3. The first kappa shape index (κ1) is 10.0. The SMILES string of the molecule is [2H]C1([2H])CC([2H])([2H])[C@@]2([2H])c3cc(F)cnc3C([2H])([2H])C([2H])([2H])[C@@H](C)NC(=C)c3cnn4ccc(nc34)N12. The van der Waals surface area contributed by atoms with Crippen LogP contribution < -0.4 is 10.2 Å². The number of halogens is 1.